The van der Waals surface area contributed by atoms with Crippen molar-refractivity contribution >= 4 is 33.7 Å². The van der Waals surface area contributed by atoms with Gasteiger partial charge in [0.25, 0.3) is 0 Å². The number of nitrogens with zero attached hydrogens (tertiary/aromatic N) is 1. The fourth-order valence-corrected chi connectivity index (χ4v) is 2.18. The number of H-pyrrole nitrogens is 1. The first kappa shape index (κ1) is 20.6. The second-order valence-electron chi connectivity index (χ2n) is 5.77. The number of hydrogen-bond donors (Lipinski definition) is 4. The number of aliphatic carboxylic acids is 1. The van der Waals surface area contributed by atoms with Crippen molar-refractivity contribution in [3.63, 3.8) is 0 Å². The molecular weight excluding hydrogens is 360 g/mol. The molecular formula is C21H20N2O5. The van der Waals surface area contributed by atoms with Gasteiger partial charge in [-0.2, -0.15) is 0 Å². The number of carboxylic acid groups (broad SMARTS) is 2. The Labute approximate surface area is 160 Å². The summed E-state index contributed by atoms with van der Waals surface area (Å²) < 4.78 is 0. The average Bonchev–Trinajstić information content (AvgIpc) is 3.17. The van der Waals surface area contributed by atoms with Crippen LogP contribution in [-0.2, 0) is 4.79 Å². The van der Waals surface area contributed by atoms with Gasteiger partial charge in [0.1, 0.15) is 11.8 Å². The van der Waals surface area contributed by atoms with Crippen LogP contribution in [0.15, 0.2) is 72.9 Å². The van der Waals surface area contributed by atoms with Crippen molar-refractivity contribution in [2.75, 3.05) is 0 Å². The van der Waals surface area contributed by atoms with Gasteiger partial charge < -0.3 is 20.3 Å². The van der Waals surface area contributed by atoms with E-state index in [1.54, 1.807) is 12.1 Å². The Bertz CT molecular complexity index is 1040. The molecule has 4 aromatic rings. The van der Waals surface area contributed by atoms with Gasteiger partial charge in [-0.25, -0.2) is 14.6 Å². The van der Waals surface area contributed by atoms with E-state index in [0.717, 1.165) is 5.39 Å². The third-order valence-corrected chi connectivity index (χ3v) is 3.64. The van der Waals surface area contributed by atoms with E-state index in [1.165, 1.54) is 23.9 Å². The Kier molecular flexibility index (Phi) is 7.24. The van der Waals surface area contributed by atoms with Crippen LogP contribution in [0.2, 0.25) is 0 Å². The number of aliphatic hydroxyl groups excluding tert-OH is 1. The Morgan fingerprint density at radius 1 is 0.893 bits per heavy atom. The molecule has 28 heavy (non-hydrogen) atoms. The molecule has 4 rings (SSSR count). The van der Waals surface area contributed by atoms with Gasteiger partial charge in [0.2, 0.25) is 0 Å². The maximum absolute atomic E-state index is 10.6. The number of rotatable bonds is 2. The molecule has 1 atom stereocenters. The van der Waals surface area contributed by atoms with Crippen LogP contribution in [0.25, 0.3) is 21.8 Å². The van der Waals surface area contributed by atoms with E-state index in [0.29, 0.717) is 5.52 Å². The maximum Gasteiger partial charge on any atom is 0.354 e. The van der Waals surface area contributed by atoms with Crippen LogP contribution < -0.4 is 0 Å². The molecule has 0 fully saturated rings. The van der Waals surface area contributed by atoms with Gasteiger partial charge in [-0.3, -0.25) is 0 Å². The van der Waals surface area contributed by atoms with Crippen molar-refractivity contribution in [3.05, 3.63) is 78.6 Å². The summed E-state index contributed by atoms with van der Waals surface area (Å²) in [5, 5.41) is 26.7. The average molecular weight is 380 g/mol. The van der Waals surface area contributed by atoms with Gasteiger partial charge in [-0.15, -0.1) is 0 Å². The minimum Gasteiger partial charge on any atom is -0.479 e. The maximum atomic E-state index is 10.6. The second kappa shape index (κ2) is 9.84. The standard InChI is InChI=1S/C10H7NO2.C8H7N.C3H6O3/c12-10(13)9-6-5-7-3-1-2-4-8(7)11-9;1-2-4-8-7(3-1)5-6-9-8;1-2(4)3(5)6/h1-6H,(H,12,13);1-6,9H;2,4H,1H3,(H,5,6). The minimum absolute atomic E-state index is 0.0821. The number of carboxylic acids is 2. The summed E-state index contributed by atoms with van der Waals surface area (Å²) in [4.78, 5) is 27.1. The lowest BCUT2D eigenvalue weighted by Gasteiger charge is -1.97. The zero-order chi connectivity index (χ0) is 20.5. The van der Waals surface area contributed by atoms with Crippen LogP contribution >= 0.6 is 0 Å². The summed E-state index contributed by atoms with van der Waals surface area (Å²) >= 11 is 0. The van der Waals surface area contributed by atoms with Gasteiger partial charge >= 0.3 is 11.9 Å². The number of carbonyl (C=O) groups is 2. The van der Waals surface area contributed by atoms with E-state index in [9.17, 15) is 9.59 Å². The number of aliphatic hydroxyl groups is 1. The summed E-state index contributed by atoms with van der Waals surface area (Å²) in [6.07, 6.45) is 0.718. The van der Waals surface area contributed by atoms with E-state index in [2.05, 4.69) is 28.2 Å². The summed E-state index contributed by atoms with van der Waals surface area (Å²) in [5.41, 5.74) is 2.00. The molecule has 2 aromatic carbocycles. The van der Waals surface area contributed by atoms with Crippen LogP contribution in [0.3, 0.4) is 0 Å². The van der Waals surface area contributed by atoms with Gasteiger partial charge in [0, 0.05) is 17.1 Å². The molecule has 0 spiro atoms. The number of aromatic carboxylic acids is 1. The van der Waals surface area contributed by atoms with Crippen LogP contribution in [0.4, 0.5) is 0 Å². The highest BCUT2D eigenvalue weighted by atomic mass is 16.4. The quantitative estimate of drug-likeness (QED) is 0.422. The zero-order valence-corrected chi connectivity index (χ0v) is 15.1. The normalized spacial score (nSPS) is 10.9. The predicted octanol–water partition coefficient (Wildman–Crippen LogP) is 3.55. The molecule has 7 nitrogen and oxygen atoms in total. The number of fused-ring (bicyclic) bond motifs is 2. The highest BCUT2D eigenvalue weighted by Gasteiger charge is 2.04. The summed E-state index contributed by atoms with van der Waals surface area (Å²) in [7, 11) is 0. The first-order valence-electron chi connectivity index (χ1n) is 8.40. The molecule has 0 aliphatic heterocycles. The summed E-state index contributed by atoms with van der Waals surface area (Å²) in [6, 6.07) is 21.0. The van der Waals surface area contributed by atoms with Crippen molar-refractivity contribution in [3.8, 4) is 0 Å². The monoisotopic (exact) mass is 380 g/mol. The molecule has 7 heteroatoms. The lowest BCUT2D eigenvalue weighted by atomic mass is 10.2. The molecule has 1 unspecified atom stereocenters. The van der Waals surface area contributed by atoms with Gasteiger partial charge in [-0.1, -0.05) is 42.5 Å². The largest absolute Gasteiger partial charge is 0.479 e. The first-order valence-corrected chi connectivity index (χ1v) is 8.40. The Morgan fingerprint density at radius 3 is 2.11 bits per heavy atom. The second-order valence-corrected chi connectivity index (χ2v) is 5.77. The molecule has 2 aromatic heterocycles. The molecule has 0 bridgehead atoms. The van der Waals surface area contributed by atoms with E-state index >= 15 is 0 Å². The number of hydrogen-bond acceptors (Lipinski definition) is 4. The van der Waals surface area contributed by atoms with E-state index < -0.39 is 18.0 Å². The van der Waals surface area contributed by atoms with Crippen LogP contribution in [-0.4, -0.2) is 43.3 Å². The third-order valence-electron chi connectivity index (χ3n) is 3.64. The number of para-hydroxylation sites is 2. The fourth-order valence-electron chi connectivity index (χ4n) is 2.18. The SMILES string of the molecule is CC(O)C(=O)O.O=C(O)c1ccc2ccccc2n1.c1ccc2[nH]ccc2c1. The summed E-state index contributed by atoms with van der Waals surface area (Å²) in [6.45, 7) is 1.20. The molecule has 0 radical (unpaired) electrons. The highest BCUT2D eigenvalue weighted by molar-refractivity contribution is 5.89. The molecule has 2 heterocycles. The topological polar surface area (TPSA) is 124 Å². The lowest BCUT2D eigenvalue weighted by Crippen LogP contribution is -2.13. The van der Waals surface area contributed by atoms with Gasteiger partial charge in [0.15, 0.2) is 0 Å². The van der Waals surface area contributed by atoms with Gasteiger partial charge in [0.05, 0.1) is 5.52 Å². The van der Waals surface area contributed by atoms with E-state index in [1.807, 2.05) is 36.5 Å². The number of pyridine rings is 1. The molecule has 0 aliphatic carbocycles. The number of nitrogens with one attached hydrogen (secondary N) is 1. The third kappa shape index (κ3) is 5.93. The lowest BCUT2D eigenvalue weighted by molar-refractivity contribution is -0.145. The number of aromatic amines is 1. The molecule has 0 saturated carbocycles. The van der Waals surface area contributed by atoms with Gasteiger partial charge in [-0.05, 0) is 36.6 Å². The fraction of sp³-hybridized carbons (Fsp3) is 0.0952. The number of benzene rings is 2. The molecule has 0 saturated heterocycles. The highest BCUT2D eigenvalue weighted by Crippen LogP contribution is 2.11. The van der Waals surface area contributed by atoms with Crippen molar-refractivity contribution in [2.45, 2.75) is 13.0 Å². The smallest absolute Gasteiger partial charge is 0.354 e. The Hall–Kier alpha value is -3.71. The van der Waals surface area contributed by atoms with E-state index in [-0.39, 0.29) is 5.69 Å². The van der Waals surface area contributed by atoms with Crippen molar-refractivity contribution < 1.29 is 24.9 Å². The first-order chi connectivity index (χ1) is 13.4. The molecule has 0 aliphatic rings. The molecule has 4 N–H and O–H groups in total. The summed E-state index contributed by atoms with van der Waals surface area (Å²) in [5.74, 6) is -2.18. The van der Waals surface area contributed by atoms with Crippen LogP contribution in [0, 0.1) is 0 Å². The predicted molar refractivity (Wildman–Crippen MR) is 106 cm³/mol. The zero-order valence-electron chi connectivity index (χ0n) is 15.1. The Balaban J connectivity index is 0.000000163. The molecule has 0 amide bonds. The minimum atomic E-state index is -1.23. The van der Waals surface area contributed by atoms with Crippen molar-refractivity contribution in [1.29, 1.82) is 0 Å². The van der Waals surface area contributed by atoms with E-state index in [4.69, 9.17) is 15.3 Å². The Morgan fingerprint density at radius 2 is 1.50 bits per heavy atom. The van der Waals surface area contributed by atoms with Crippen molar-refractivity contribution in [2.24, 2.45) is 0 Å². The van der Waals surface area contributed by atoms with Crippen LogP contribution in [0.5, 0.6) is 0 Å². The molecule has 144 valence electrons. The van der Waals surface area contributed by atoms with Crippen LogP contribution in [0.1, 0.15) is 17.4 Å². The number of aromatic nitrogens is 2. The van der Waals surface area contributed by atoms with Crippen molar-refractivity contribution in [1.82, 2.24) is 9.97 Å².